The normalized spacial score (nSPS) is 13.2. The Hall–Kier alpha value is -6.49. The molecule has 51 heavy (non-hydrogen) atoms. The molecule has 3 nitrogen and oxygen atoms in total. The summed E-state index contributed by atoms with van der Waals surface area (Å²) in [5, 5.41) is 4.09. The van der Waals surface area contributed by atoms with Crippen molar-refractivity contribution in [2.24, 2.45) is 0 Å². The first-order valence-corrected chi connectivity index (χ1v) is 17.4. The third kappa shape index (κ3) is 5.25. The van der Waals surface area contributed by atoms with E-state index in [-0.39, 0.29) is 52.6 Å². The minimum absolute atomic E-state index is 0.0422. The van der Waals surface area contributed by atoms with Crippen molar-refractivity contribution in [1.29, 1.82) is 0 Å². The fourth-order valence-electron chi connectivity index (χ4n) is 6.65. The molecule has 8 aromatic carbocycles. The first kappa shape index (κ1) is 23.8. The number of benzene rings is 8. The monoisotopic (exact) mass is 673 g/mol. The highest BCUT2D eigenvalue weighted by molar-refractivity contribution is 7.25. The van der Waals surface area contributed by atoms with Crippen LogP contribution in [0.1, 0.15) is 8.22 Å². The molecule has 0 unspecified atom stereocenters. The first-order chi connectivity index (χ1) is 27.8. The minimum atomic E-state index is -0.154. The number of nitrogens with zero attached hydrogens (tertiary/aromatic N) is 3. The third-order valence-corrected chi connectivity index (χ3v) is 10.2. The zero-order valence-electron chi connectivity index (χ0n) is 33.0. The van der Waals surface area contributed by atoms with Crippen molar-refractivity contribution in [3.05, 3.63) is 176 Å². The van der Waals surface area contributed by atoms with Gasteiger partial charge in [0.25, 0.3) is 0 Å². The van der Waals surface area contributed by atoms with Crippen LogP contribution in [0.5, 0.6) is 0 Å². The standard InChI is InChI=1S/C47H29N3S/c1-3-12-31(13-4-1)45-48-46(32-14-5-2-6-15-32)50-47(49-45)42-26-25-37(38-17-9-10-18-39(38)42)36-22-24-41-40-23-21-35(28-43(40)51-44(41)29-36)34-20-19-30-11-7-8-16-33(30)27-34/h1-29H/i21D,22D,23D,24D,28D,29D. The molecule has 0 atom stereocenters. The van der Waals surface area contributed by atoms with E-state index in [1.165, 1.54) is 11.3 Å². The lowest BCUT2D eigenvalue weighted by Gasteiger charge is -2.13. The summed E-state index contributed by atoms with van der Waals surface area (Å²) in [5.74, 6) is 1.54. The van der Waals surface area contributed by atoms with Crippen LogP contribution in [-0.4, -0.2) is 15.0 Å². The van der Waals surface area contributed by atoms with Gasteiger partial charge in [0.05, 0.1) is 8.22 Å². The fourth-order valence-corrected chi connectivity index (χ4v) is 7.67. The van der Waals surface area contributed by atoms with Gasteiger partial charge in [-0.15, -0.1) is 11.3 Å². The lowest BCUT2D eigenvalue weighted by molar-refractivity contribution is 1.08. The van der Waals surface area contributed by atoms with Crippen LogP contribution < -0.4 is 0 Å². The van der Waals surface area contributed by atoms with Gasteiger partial charge in [-0.05, 0) is 68.0 Å². The summed E-state index contributed by atoms with van der Waals surface area (Å²) < 4.78 is 56.7. The van der Waals surface area contributed by atoms with Gasteiger partial charge in [-0.3, -0.25) is 0 Å². The van der Waals surface area contributed by atoms with Crippen LogP contribution in [-0.2, 0) is 0 Å². The predicted octanol–water partition coefficient (Wildman–Crippen LogP) is 12.9. The van der Waals surface area contributed by atoms with Crippen molar-refractivity contribution in [3.8, 4) is 56.4 Å². The van der Waals surface area contributed by atoms with E-state index in [1.807, 2.05) is 140 Å². The maximum Gasteiger partial charge on any atom is 0.164 e. The van der Waals surface area contributed by atoms with E-state index in [1.54, 1.807) is 0 Å². The minimum Gasteiger partial charge on any atom is -0.208 e. The van der Waals surface area contributed by atoms with Crippen LogP contribution in [0.3, 0.4) is 0 Å². The van der Waals surface area contributed by atoms with Crippen molar-refractivity contribution in [1.82, 2.24) is 15.0 Å². The van der Waals surface area contributed by atoms with E-state index < -0.39 is 0 Å². The number of aromatic nitrogens is 3. The van der Waals surface area contributed by atoms with E-state index in [0.717, 1.165) is 38.2 Å². The number of hydrogen-bond acceptors (Lipinski definition) is 4. The van der Waals surface area contributed by atoms with E-state index in [2.05, 4.69) is 0 Å². The van der Waals surface area contributed by atoms with E-state index in [0.29, 0.717) is 43.6 Å². The SMILES string of the molecule is [2H]c1c(-c2ccc3ccccc3c2)c([2H])c2sc3c([2H])c(-c4ccc(-c5nc(-c6ccccc6)nc(-c6ccccc6)n5)c5ccccc45)c([2H])c([2H])c3c2c1[2H]. The molecule has 0 saturated carbocycles. The number of thiophene rings is 1. The molecule has 0 fully saturated rings. The Morgan fingerprint density at radius 2 is 0.902 bits per heavy atom. The summed E-state index contributed by atoms with van der Waals surface area (Å²) >= 11 is 1.18. The average Bonchev–Trinajstić information content (AvgIpc) is 3.67. The summed E-state index contributed by atoms with van der Waals surface area (Å²) in [6.45, 7) is 0. The van der Waals surface area contributed by atoms with E-state index in [9.17, 15) is 5.48 Å². The molecule has 0 aliphatic carbocycles. The molecule has 0 spiro atoms. The van der Waals surface area contributed by atoms with E-state index >= 15 is 0 Å². The zero-order valence-corrected chi connectivity index (χ0v) is 27.8. The van der Waals surface area contributed by atoms with Gasteiger partial charge in [0.15, 0.2) is 17.5 Å². The largest absolute Gasteiger partial charge is 0.208 e. The summed E-state index contributed by atoms with van der Waals surface area (Å²) in [4.78, 5) is 14.8. The highest BCUT2D eigenvalue weighted by atomic mass is 32.1. The van der Waals surface area contributed by atoms with Crippen LogP contribution in [0.4, 0.5) is 0 Å². The van der Waals surface area contributed by atoms with Crippen molar-refractivity contribution in [2.45, 2.75) is 0 Å². The molecule has 0 aliphatic heterocycles. The molecule has 0 bridgehead atoms. The first-order valence-electron chi connectivity index (χ1n) is 19.6. The molecule has 238 valence electrons. The second-order valence-electron chi connectivity index (χ2n) is 12.3. The van der Waals surface area contributed by atoms with Gasteiger partial charge in [-0.2, -0.15) is 0 Å². The molecular weight excluding hydrogens is 639 g/mol. The second-order valence-corrected chi connectivity index (χ2v) is 13.3. The lowest BCUT2D eigenvalue weighted by atomic mass is 9.94. The Balaban J connectivity index is 1.18. The van der Waals surface area contributed by atoms with Crippen LogP contribution in [0.25, 0.3) is 98.1 Å². The number of rotatable bonds is 5. The molecule has 2 aromatic heterocycles. The fraction of sp³-hybridized carbons (Fsp3) is 0. The Morgan fingerprint density at radius 1 is 0.373 bits per heavy atom. The Labute approximate surface area is 307 Å². The summed E-state index contributed by atoms with van der Waals surface area (Å²) in [7, 11) is 0. The Morgan fingerprint density at radius 3 is 1.59 bits per heavy atom. The van der Waals surface area contributed by atoms with Gasteiger partial charge in [-0.1, -0.05) is 152 Å². The molecule has 0 N–H and O–H groups in total. The third-order valence-electron chi connectivity index (χ3n) is 9.18. The molecule has 0 saturated heterocycles. The van der Waals surface area contributed by atoms with Gasteiger partial charge in [0.1, 0.15) is 0 Å². The molecule has 0 radical (unpaired) electrons. The van der Waals surface area contributed by atoms with Crippen LogP contribution >= 0.6 is 11.3 Å². The molecule has 10 rings (SSSR count). The van der Waals surface area contributed by atoms with Gasteiger partial charge in [0.2, 0.25) is 0 Å². The van der Waals surface area contributed by atoms with Crippen LogP contribution in [0.15, 0.2) is 176 Å². The van der Waals surface area contributed by atoms with Crippen molar-refractivity contribution < 1.29 is 8.22 Å². The van der Waals surface area contributed by atoms with Crippen molar-refractivity contribution in [2.75, 3.05) is 0 Å². The Bertz CT molecular complexity index is 3200. The van der Waals surface area contributed by atoms with E-state index in [4.69, 9.17) is 17.7 Å². The topological polar surface area (TPSA) is 38.7 Å². The maximum atomic E-state index is 9.59. The maximum absolute atomic E-state index is 9.59. The van der Waals surface area contributed by atoms with Gasteiger partial charge < -0.3 is 0 Å². The van der Waals surface area contributed by atoms with Gasteiger partial charge in [-0.25, -0.2) is 15.0 Å². The smallest absolute Gasteiger partial charge is 0.164 e. The lowest BCUT2D eigenvalue weighted by Crippen LogP contribution is -2.00. The summed E-state index contributed by atoms with van der Waals surface area (Å²) in [5.41, 5.74) is 4.34. The van der Waals surface area contributed by atoms with Gasteiger partial charge in [0, 0.05) is 36.9 Å². The highest BCUT2D eigenvalue weighted by Crippen LogP contribution is 2.41. The summed E-state index contributed by atoms with van der Waals surface area (Å²) in [6.07, 6.45) is 0. The molecule has 2 heterocycles. The van der Waals surface area contributed by atoms with Crippen molar-refractivity contribution >= 4 is 53.1 Å². The van der Waals surface area contributed by atoms with Gasteiger partial charge >= 0.3 is 0 Å². The van der Waals surface area contributed by atoms with Crippen molar-refractivity contribution in [3.63, 3.8) is 0 Å². The zero-order chi connectivity index (χ0) is 38.9. The second kappa shape index (κ2) is 12.1. The quantitative estimate of drug-likeness (QED) is 0.182. The number of fused-ring (bicyclic) bond motifs is 5. The molecular formula is C47H29N3S. The molecule has 0 aliphatic rings. The predicted molar refractivity (Wildman–Crippen MR) is 215 cm³/mol. The Kier molecular flexibility index (Phi) is 5.66. The average molecular weight is 674 g/mol. The van der Waals surface area contributed by atoms with Crippen LogP contribution in [0.2, 0.25) is 0 Å². The highest BCUT2D eigenvalue weighted by Gasteiger charge is 2.17. The molecule has 4 heteroatoms. The molecule has 10 aromatic rings. The number of hydrogen-bond donors (Lipinski definition) is 0. The summed E-state index contributed by atoms with van der Waals surface area (Å²) in [6, 6.07) is 44.3. The molecule has 0 amide bonds. The van der Waals surface area contributed by atoms with Crippen LogP contribution in [0, 0.1) is 0 Å².